The normalized spacial score (nSPS) is 11.4. The lowest BCUT2D eigenvalue weighted by atomic mass is 10.2. The topological polar surface area (TPSA) is 95.7 Å². The second-order valence-corrected chi connectivity index (χ2v) is 6.93. The molecule has 0 unspecified atom stereocenters. The van der Waals surface area contributed by atoms with Crippen molar-refractivity contribution in [3.05, 3.63) is 64.5 Å². The highest BCUT2D eigenvalue weighted by Gasteiger charge is 2.06. The van der Waals surface area contributed by atoms with Gasteiger partial charge in [0.25, 0.3) is 5.91 Å². The molecule has 28 heavy (non-hydrogen) atoms. The van der Waals surface area contributed by atoms with Crippen LogP contribution in [-0.2, 0) is 6.54 Å². The van der Waals surface area contributed by atoms with E-state index in [9.17, 15) is 4.79 Å². The molecule has 1 amide bonds. The van der Waals surface area contributed by atoms with E-state index in [1.165, 1.54) is 0 Å². The highest BCUT2D eigenvalue weighted by atomic mass is 79.9. The van der Waals surface area contributed by atoms with Crippen molar-refractivity contribution in [2.45, 2.75) is 13.0 Å². The summed E-state index contributed by atoms with van der Waals surface area (Å²) in [5.74, 6) is 1.40. The molecule has 9 heteroatoms. The smallest absolute Gasteiger partial charge is 0.251 e. The first-order valence-corrected chi connectivity index (χ1v) is 9.73. The van der Waals surface area contributed by atoms with E-state index in [0.29, 0.717) is 31.2 Å². The summed E-state index contributed by atoms with van der Waals surface area (Å²) in [6, 6.07) is 13.1. The fourth-order valence-corrected chi connectivity index (χ4v) is 3.02. The summed E-state index contributed by atoms with van der Waals surface area (Å²) in [7, 11) is 1.71. The lowest BCUT2D eigenvalue weighted by molar-refractivity contribution is 0.0953. The van der Waals surface area contributed by atoms with Crippen molar-refractivity contribution in [2.75, 3.05) is 20.1 Å². The van der Waals surface area contributed by atoms with Crippen molar-refractivity contribution >= 4 is 33.4 Å². The van der Waals surface area contributed by atoms with E-state index >= 15 is 0 Å². The summed E-state index contributed by atoms with van der Waals surface area (Å²) in [4.78, 5) is 16.3. The van der Waals surface area contributed by atoms with Gasteiger partial charge in [0, 0.05) is 36.4 Å². The third-order valence-corrected chi connectivity index (χ3v) is 4.53. The zero-order valence-electron chi connectivity index (χ0n) is 15.5. The number of pyridine rings is 1. The number of halogens is 1. The molecule has 8 nitrogen and oxygen atoms in total. The molecule has 1 aromatic carbocycles. The van der Waals surface area contributed by atoms with Gasteiger partial charge in [0.2, 0.25) is 0 Å². The van der Waals surface area contributed by atoms with E-state index < -0.39 is 0 Å². The minimum atomic E-state index is -0.0810. The number of amides is 1. The molecule has 0 bridgehead atoms. The maximum Gasteiger partial charge on any atom is 0.251 e. The van der Waals surface area contributed by atoms with Gasteiger partial charge < -0.3 is 16.0 Å². The van der Waals surface area contributed by atoms with Crippen molar-refractivity contribution in [3.63, 3.8) is 0 Å². The third-order valence-electron chi connectivity index (χ3n) is 4.04. The monoisotopic (exact) mass is 443 g/mol. The standard InChI is InChI=1S/C19H22BrN7O/c1-21-19(24-13-17-26-25-16-8-2-3-11-27(16)17)23-10-5-9-22-18(28)14-6-4-7-15(20)12-14/h2-4,6-8,11-12H,5,9-10,13H2,1H3,(H,22,28)(H2,21,23,24). The number of rotatable bonds is 7. The number of fused-ring (bicyclic) bond motifs is 1. The Hall–Kier alpha value is -2.94. The fraction of sp³-hybridized carbons (Fsp3) is 0.263. The summed E-state index contributed by atoms with van der Waals surface area (Å²) in [5.41, 5.74) is 1.45. The van der Waals surface area contributed by atoms with Crippen LogP contribution in [0.1, 0.15) is 22.6 Å². The van der Waals surface area contributed by atoms with Gasteiger partial charge >= 0.3 is 0 Å². The van der Waals surface area contributed by atoms with Crippen LogP contribution in [0.15, 0.2) is 58.1 Å². The van der Waals surface area contributed by atoms with Crippen molar-refractivity contribution in [3.8, 4) is 0 Å². The van der Waals surface area contributed by atoms with Crippen LogP contribution in [0.4, 0.5) is 0 Å². The summed E-state index contributed by atoms with van der Waals surface area (Å²) < 4.78 is 2.81. The van der Waals surface area contributed by atoms with E-state index in [-0.39, 0.29) is 5.91 Å². The van der Waals surface area contributed by atoms with Crippen molar-refractivity contribution in [1.82, 2.24) is 30.5 Å². The Labute approximate surface area is 171 Å². The second kappa shape index (κ2) is 9.84. The minimum absolute atomic E-state index is 0.0810. The third kappa shape index (κ3) is 5.29. The van der Waals surface area contributed by atoms with Crippen LogP contribution >= 0.6 is 15.9 Å². The molecular weight excluding hydrogens is 422 g/mol. The molecule has 0 radical (unpaired) electrons. The lowest BCUT2D eigenvalue weighted by Crippen LogP contribution is -2.38. The molecule has 0 saturated heterocycles. The zero-order chi connectivity index (χ0) is 19.8. The van der Waals surface area contributed by atoms with E-state index in [2.05, 4.69) is 47.1 Å². The molecular formula is C19H22BrN7O. The molecule has 0 spiro atoms. The van der Waals surface area contributed by atoms with Crippen LogP contribution < -0.4 is 16.0 Å². The van der Waals surface area contributed by atoms with Crippen LogP contribution in [0.3, 0.4) is 0 Å². The van der Waals surface area contributed by atoms with E-state index in [1.54, 1.807) is 19.2 Å². The molecule has 0 atom stereocenters. The Morgan fingerprint density at radius 3 is 2.79 bits per heavy atom. The molecule has 3 aromatic rings. The first-order chi connectivity index (χ1) is 13.7. The number of hydrogen-bond donors (Lipinski definition) is 3. The average molecular weight is 444 g/mol. The largest absolute Gasteiger partial charge is 0.356 e. The first kappa shape index (κ1) is 19.8. The molecule has 146 valence electrons. The van der Waals surface area contributed by atoms with Gasteiger partial charge in [-0.3, -0.25) is 14.2 Å². The van der Waals surface area contributed by atoms with Gasteiger partial charge in [0.05, 0.1) is 6.54 Å². The van der Waals surface area contributed by atoms with Crippen molar-refractivity contribution < 1.29 is 4.79 Å². The summed E-state index contributed by atoms with van der Waals surface area (Å²) in [6.45, 7) is 1.76. The number of aliphatic imine (C=N–C) groups is 1. The van der Waals surface area contributed by atoms with Crippen LogP contribution in [0.25, 0.3) is 5.65 Å². The predicted octanol–water partition coefficient (Wildman–Crippen LogP) is 1.98. The molecule has 3 N–H and O–H groups in total. The maximum absolute atomic E-state index is 12.1. The van der Waals surface area contributed by atoms with Crippen LogP contribution in [0.5, 0.6) is 0 Å². The number of hydrogen-bond acceptors (Lipinski definition) is 4. The molecule has 0 fully saturated rings. The molecule has 0 aliphatic carbocycles. The average Bonchev–Trinajstić information content (AvgIpc) is 3.13. The number of carbonyl (C=O) groups excluding carboxylic acids is 1. The van der Waals surface area contributed by atoms with Crippen LogP contribution in [0, 0.1) is 0 Å². The van der Waals surface area contributed by atoms with Crippen LogP contribution in [-0.4, -0.2) is 46.6 Å². The number of carbonyl (C=O) groups is 1. The molecule has 2 aromatic heterocycles. The SMILES string of the molecule is CN=C(NCCCNC(=O)c1cccc(Br)c1)NCc1nnc2ccccn12. The lowest BCUT2D eigenvalue weighted by Gasteiger charge is -2.11. The number of nitrogens with zero attached hydrogens (tertiary/aromatic N) is 4. The number of aromatic nitrogens is 3. The Kier molecular flexibility index (Phi) is 6.96. The zero-order valence-corrected chi connectivity index (χ0v) is 17.1. The number of benzene rings is 1. The Morgan fingerprint density at radius 1 is 1.11 bits per heavy atom. The second-order valence-electron chi connectivity index (χ2n) is 6.02. The molecule has 2 heterocycles. The Morgan fingerprint density at radius 2 is 1.96 bits per heavy atom. The Balaban J connectivity index is 1.38. The maximum atomic E-state index is 12.1. The molecule has 3 rings (SSSR count). The Bertz CT molecular complexity index is 970. The number of nitrogens with one attached hydrogen (secondary N) is 3. The first-order valence-electron chi connectivity index (χ1n) is 8.94. The van der Waals surface area contributed by atoms with Gasteiger partial charge in [0.1, 0.15) is 0 Å². The fourth-order valence-electron chi connectivity index (χ4n) is 2.62. The van der Waals surface area contributed by atoms with Gasteiger partial charge in [-0.1, -0.05) is 28.1 Å². The highest BCUT2D eigenvalue weighted by molar-refractivity contribution is 9.10. The summed E-state index contributed by atoms with van der Waals surface area (Å²) in [5, 5.41) is 17.7. The van der Waals surface area contributed by atoms with Gasteiger partial charge in [0.15, 0.2) is 17.4 Å². The highest BCUT2D eigenvalue weighted by Crippen LogP contribution is 2.11. The van der Waals surface area contributed by atoms with Crippen LogP contribution in [0.2, 0.25) is 0 Å². The van der Waals surface area contributed by atoms with Crippen molar-refractivity contribution in [1.29, 1.82) is 0 Å². The number of guanidine groups is 1. The summed E-state index contributed by atoms with van der Waals surface area (Å²) >= 11 is 3.37. The van der Waals surface area contributed by atoms with E-state index in [0.717, 1.165) is 22.4 Å². The van der Waals surface area contributed by atoms with Gasteiger partial charge in [-0.05, 0) is 36.8 Å². The molecule has 0 aliphatic heterocycles. The van der Waals surface area contributed by atoms with E-state index in [4.69, 9.17) is 0 Å². The van der Waals surface area contributed by atoms with Gasteiger partial charge in [-0.25, -0.2) is 0 Å². The predicted molar refractivity (Wildman–Crippen MR) is 112 cm³/mol. The quantitative estimate of drug-likeness (QED) is 0.294. The molecule has 0 aliphatic rings. The van der Waals surface area contributed by atoms with Gasteiger partial charge in [-0.2, -0.15) is 0 Å². The van der Waals surface area contributed by atoms with Gasteiger partial charge in [-0.15, -0.1) is 10.2 Å². The van der Waals surface area contributed by atoms with Crippen molar-refractivity contribution in [2.24, 2.45) is 4.99 Å². The van der Waals surface area contributed by atoms with E-state index in [1.807, 2.05) is 40.9 Å². The minimum Gasteiger partial charge on any atom is -0.356 e. The summed E-state index contributed by atoms with van der Waals surface area (Å²) in [6.07, 6.45) is 2.70. The molecule has 0 saturated carbocycles.